The number of alkyl halides is 1. The van der Waals surface area contributed by atoms with E-state index in [0.717, 1.165) is 11.1 Å². The van der Waals surface area contributed by atoms with E-state index in [1.54, 1.807) is 18.2 Å². The van der Waals surface area contributed by atoms with Gasteiger partial charge in [-0.05, 0) is 17.2 Å². The van der Waals surface area contributed by atoms with Crippen LogP contribution >= 0.6 is 11.6 Å². The summed E-state index contributed by atoms with van der Waals surface area (Å²) in [6, 6.07) is 5.38. The van der Waals surface area contributed by atoms with Gasteiger partial charge in [-0.15, -0.1) is 0 Å². The van der Waals surface area contributed by atoms with E-state index in [-0.39, 0.29) is 0 Å². The number of rotatable bonds is 0. The van der Waals surface area contributed by atoms with E-state index in [2.05, 4.69) is 5.32 Å². The van der Waals surface area contributed by atoms with E-state index in [1.165, 1.54) is 0 Å². The fourth-order valence-corrected chi connectivity index (χ4v) is 1.74. The predicted molar refractivity (Wildman–Crippen MR) is 47.0 cm³/mol. The van der Waals surface area contributed by atoms with Gasteiger partial charge in [0.05, 0.1) is 0 Å². The third-order valence-corrected chi connectivity index (χ3v) is 2.47. The molecule has 0 saturated heterocycles. The molecule has 1 atom stereocenters. The number of benzene rings is 1. The topological polar surface area (TPSA) is 12.0 Å². The molecule has 0 aliphatic carbocycles. The first-order valence-electron chi connectivity index (χ1n) is 3.91. The smallest absolute Gasteiger partial charge is 0.138 e. The van der Waals surface area contributed by atoms with E-state index in [1.807, 2.05) is 0 Å². The molecule has 3 heteroatoms. The molecule has 1 nitrogen and oxygen atoms in total. The highest BCUT2D eigenvalue weighted by Gasteiger charge is 2.20. The van der Waals surface area contributed by atoms with E-state index < -0.39 is 6.17 Å². The van der Waals surface area contributed by atoms with Crippen LogP contribution in [-0.4, -0.2) is 6.54 Å². The standard InChI is InChI=1S/C9H9ClFN/c10-8-3-1-2-6-7(8)4-12-5-9(6)11/h1-3,9,12H,4-5H2. The van der Waals surface area contributed by atoms with Crippen LogP contribution in [0.3, 0.4) is 0 Å². The molecule has 0 aromatic heterocycles. The Hall–Kier alpha value is -0.600. The van der Waals surface area contributed by atoms with Crippen molar-refractivity contribution < 1.29 is 4.39 Å². The van der Waals surface area contributed by atoms with E-state index in [0.29, 0.717) is 18.1 Å². The summed E-state index contributed by atoms with van der Waals surface area (Å²) in [6.45, 7) is 1.07. The van der Waals surface area contributed by atoms with Crippen LogP contribution in [0.1, 0.15) is 17.3 Å². The third kappa shape index (κ3) is 1.21. The minimum atomic E-state index is -0.910. The zero-order valence-corrected chi connectivity index (χ0v) is 7.24. The van der Waals surface area contributed by atoms with Crippen molar-refractivity contribution in [3.05, 3.63) is 34.3 Å². The molecule has 0 bridgehead atoms. The van der Waals surface area contributed by atoms with Crippen LogP contribution in [0.5, 0.6) is 0 Å². The molecule has 1 unspecified atom stereocenters. The van der Waals surface area contributed by atoms with Crippen molar-refractivity contribution >= 4 is 11.6 Å². The number of hydrogen-bond acceptors (Lipinski definition) is 1. The number of fused-ring (bicyclic) bond motifs is 1. The van der Waals surface area contributed by atoms with Gasteiger partial charge in [-0.3, -0.25) is 0 Å². The van der Waals surface area contributed by atoms with Gasteiger partial charge in [0, 0.05) is 18.1 Å². The lowest BCUT2D eigenvalue weighted by atomic mass is 10.00. The quantitative estimate of drug-likeness (QED) is 0.655. The summed E-state index contributed by atoms with van der Waals surface area (Å²) < 4.78 is 13.2. The Morgan fingerprint density at radius 3 is 3.08 bits per heavy atom. The van der Waals surface area contributed by atoms with Crippen molar-refractivity contribution in [1.82, 2.24) is 5.32 Å². The van der Waals surface area contributed by atoms with E-state index in [9.17, 15) is 4.39 Å². The second-order valence-corrected chi connectivity index (χ2v) is 3.31. The van der Waals surface area contributed by atoms with Crippen LogP contribution in [0.25, 0.3) is 0 Å². The van der Waals surface area contributed by atoms with E-state index >= 15 is 0 Å². The molecule has 1 heterocycles. The van der Waals surface area contributed by atoms with Gasteiger partial charge in [0.15, 0.2) is 0 Å². The van der Waals surface area contributed by atoms with Gasteiger partial charge in [-0.25, -0.2) is 4.39 Å². The first-order valence-corrected chi connectivity index (χ1v) is 4.29. The zero-order valence-electron chi connectivity index (χ0n) is 6.48. The second kappa shape index (κ2) is 3.04. The van der Waals surface area contributed by atoms with Crippen LogP contribution in [-0.2, 0) is 6.54 Å². The van der Waals surface area contributed by atoms with Gasteiger partial charge in [0.1, 0.15) is 6.17 Å². The lowest BCUT2D eigenvalue weighted by molar-refractivity contribution is 0.310. The molecule has 1 aromatic rings. The second-order valence-electron chi connectivity index (χ2n) is 2.91. The summed E-state index contributed by atoms with van der Waals surface area (Å²) >= 11 is 5.90. The molecule has 1 aromatic carbocycles. The number of halogens is 2. The fraction of sp³-hybridized carbons (Fsp3) is 0.333. The molecule has 1 aliphatic rings. The summed E-state index contributed by atoms with van der Waals surface area (Å²) in [5.41, 5.74) is 1.64. The summed E-state index contributed by atoms with van der Waals surface area (Å²) in [7, 11) is 0. The molecular weight excluding hydrogens is 177 g/mol. The Labute approximate surface area is 75.5 Å². The molecule has 0 spiro atoms. The molecule has 2 rings (SSSR count). The monoisotopic (exact) mass is 185 g/mol. The molecule has 0 saturated carbocycles. The maximum atomic E-state index is 13.2. The van der Waals surface area contributed by atoms with Crippen molar-refractivity contribution in [3.63, 3.8) is 0 Å². The highest BCUT2D eigenvalue weighted by molar-refractivity contribution is 6.31. The molecule has 12 heavy (non-hydrogen) atoms. The van der Waals surface area contributed by atoms with Crippen LogP contribution in [0.15, 0.2) is 18.2 Å². The maximum absolute atomic E-state index is 13.2. The Morgan fingerprint density at radius 1 is 1.50 bits per heavy atom. The molecular formula is C9H9ClFN. The maximum Gasteiger partial charge on any atom is 0.138 e. The lowest BCUT2D eigenvalue weighted by Gasteiger charge is -2.21. The van der Waals surface area contributed by atoms with E-state index in [4.69, 9.17) is 11.6 Å². The first kappa shape index (κ1) is 8.02. The van der Waals surface area contributed by atoms with Gasteiger partial charge in [0.2, 0.25) is 0 Å². The molecule has 0 amide bonds. The number of nitrogens with one attached hydrogen (secondary N) is 1. The summed E-state index contributed by atoms with van der Waals surface area (Å²) in [5.74, 6) is 0. The van der Waals surface area contributed by atoms with Crippen molar-refractivity contribution in [1.29, 1.82) is 0 Å². The Kier molecular flexibility index (Phi) is 2.03. The van der Waals surface area contributed by atoms with Crippen molar-refractivity contribution in [2.75, 3.05) is 6.54 Å². The van der Waals surface area contributed by atoms with Crippen molar-refractivity contribution in [3.8, 4) is 0 Å². The Bertz CT molecular complexity index is 301. The third-order valence-electron chi connectivity index (χ3n) is 2.12. The molecule has 0 fully saturated rings. The average molecular weight is 186 g/mol. The predicted octanol–water partition coefficient (Wildman–Crippen LogP) is 2.45. The highest BCUT2D eigenvalue weighted by atomic mass is 35.5. The Morgan fingerprint density at radius 2 is 2.33 bits per heavy atom. The summed E-state index contributed by atoms with van der Waals surface area (Å²) in [5, 5.41) is 3.63. The summed E-state index contributed by atoms with van der Waals surface area (Å²) in [6.07, 6.45) is -0.910. The van der Waals surface area contributed by atoms with Crippen molar-refractivity contribution in [2.45, 2.75) is 12.7 Å². The first-order chi connectivity index (χ1) is 5.79. The Balaban J connectivity index is 2.52. The van der Waals surface area contributed by atoms with Gasteiger partial charge in [-0.2, -0.15) is 0 Å². The van der Waals surface area contributed by atoms with Gasteiger partial charge in [-0.1, -0.05) is 23.7 Å². The molecule has 1 N–H and O–H groups in total. The van der Waals surface area contributed by atoms with Crippen LogP contribution in [0.4, 0.5) is 4.39 Å². The van der Waals surface area contributed by atoms with Crippen molar-refractivity contribution in [2.24, 2.45) is 0 Å². The van der Waals surface area contributed by atoms with Gasteiger partial charge >= 0.3 is 0 Å². The minimum absolute atomic E-state index is 0.396. The largest absolute Gasteiger partial charge is 0.309 e. The normalized spacial score (nSPS) is 22.0. The molecule has 1 aliphatic heterocycles. The SMILES string of the molecule is FC1CNCc2c(Cl)cccc21. The molecule has 0 radical (unpaired) electrons. The zero-order chi connectivity index (χ0) is 8.55. The van der Waals surface area contributed by atoms with Crippen LogP contribution < -0.4 is 5.32 Å². The average Bonchev–Trinajstić information content (AvgIpc) is 2.07. The highest BCUT2D eigenvalue weighted by Crippen LogP contribution is 2.29. The number of hydrogen-bond donors (Lipinski definition) is 1. The summed E-state index contributed by atoms with van der Waals surface area (Å²) in [4.78, 5) is 0. The lowest BCUT2D eigenvalue weighted by Crippen LogP contribution is -2.26. The van der Waals surface area contributed by atoms with Gasteiger partial charge < -0.3 is 5.32 Å². The van der Waals surface area contributed by atoms with Crippen LogP contribution in [0.2, 0.25) is 5.02 Å². The fourth-order valence-electron chi connectivity index (χ4n) is 1.49. The minimum Gasteiger partial charge on any atom is -0.309 e. The molecule has 64 valence electrons. The van der Waals surface area contributed by atoms with Gasteiger partial charge in [0.25, 0.3) is 0 Å². The van der Waals surface area contributed by atoms with Crippen LogP contribution in [0, 0.1) is 0 Å².